The van der Waals surface area contributed by atoms with Gasteiger partial charge in [-0.05, 0) is 19.8 Å². The van der Waals surface area contributed by atoms with Crippen molar-refractivity contribution in [1.29, 1.82) is 0 Å². The number of nitrogens with one attached hydrogen (secondary N) is 2. The van der Waals surface area contributed by atoms with E-state index in [1.807, 2.05) is 0 Å². The fraction of sp³-hybridized carbons (Fsp3) is 0.500. The van der Waals surface area contributed by atoms with E-state index in [0.717, 1.165) is 24.2 Å². The summed E-state index contributed by atoms with van der Waals surface area (Å²) in [7, 11) is 0. The van der Waals surface area contributed by atoms with E-state index in [9.17, 15) is 4.79 Å². The Balaban J connectivity index is 2.49. The normalized spacial score (nSPS) is 21.2. The van der Waals surface area contributed by atoms with Crippen LogP contribution >= 0.6 is 0 Å². The van der Waals surface area contributed by atoms with Crippen LogP contribution in [0.15, 0.2) is 11.1 Å². The van der Waals surface area contributed by atoms with E-state index in [4.69, 9.17) is 0 Å². The van der Waals surface area contributed by atoms with Gasteiger partial charge in [0.1, 0.15) is 5.82 Å². The first-order chi connectivity index (χ1) is 5.77. The highest BCUT2D eigenvalue weighted by Gasteiger charge is 2.16. The van der Waals surface area contributed by atoms with Gasteiger partial charge in [-0.1, -0.05) is 0 Å². The van der Waals surface area contributed by atoms with Crippen molar-refractivity contribution in [3.05, 3.63) is 22.2 Å². The molecule has 2 rings (SSSR count). The predicted molar refractivity (Wildman–Crippen MR) is 46.3 cm³/mol. The lowest BCUT2D eigenvalue weighted by Crippen LogP contribution is -2.28. The highest BCUT2D eigenvalue weighted by molar-refractivity contribution is 5.45. The summed E-state index contributed by atoms with van der Waals surface area (Å²) in [5.74, 6) is 0.748. The zero-order chi connectivity index (χ0) is 8.55. The number of hydrogen-bond acceptors (Lipinski definition) is 3. The molecule has 4 nitrogen and oxygen atoms in total. The Labute approximate surface area is 70.0 Å². The molecule has 1 aromatic rings. The average molecular weight is 165 g/mol. The van der Waals surface area contributed by atoms with Crippen molar-refractivity contribution in [2.24, 2.45) is 0 Å². The second-order valence-electron chi connectivity index (χ2n) is 3.14. The minimum atomic E-state index is -0.0144. The summed E-state index contributed by atoms with van der Waals surface area (Å²) in [6.07, 6.45) is 3.26. The fourth-order valence-electron chi connectivity index (χ4n) is 1.45. The third-order valence-electron chi connectivity index (χ3n) is 2.16. The highest BCUT2D eigenvalue weighted by atomic mass is 16.1. The molecule has 0 saturated heterocycles. The molecule has 0 fully saturated rings. The van der Waals surface area contributed by atoms with Crippen molar-refractivity contribution in [2.45, 2.75) is 25.8 Å². The predicted octanol–water partition coefficient (Wildman–Crippen LogP) is 0.516. The summed E-state index contributed by atoms with van der Waals surface area (Å²) >= 11 is 0. The monoisotopic (exact) mass is 165 g/mol. The summed E-state index contributed by atoms with van der Waals surface area (Å²) in [6, 6.07) is 0.423. The minimum absolute atomic E-state index is 0.0144. The number of hydrogen-bond donors (Lipinski definition) is 2. The third kappa shape index (κ3) is 1.09. The number of aromatic nitrogens is 2. The van der Waals surface area contributed by atoms with E-state index in [-0.39, 0.29) is 5.56 Å². The SMILES string of the molecule is C[C@@H]1CCc2c(nc[nH]c2=O)N1. The minimum Gasteiger partial charge on any atom is -0.367 e. The standard InChI is InChI=1S/C8H11N3O/c1-5-2-3-6-7(11-5)9-4-10-8(6)12/h4-5H,2-3H2,1H3,(H2,9,10,11,12)/t5-/m1/s1. The van der Waals surface area contributed by atoms with Crippen LogP contribution in [0.4, 0.5) is 5.82 Å². The molecule has 1 aromatic heterocycles. The van der Waals surface area contributed by atoms with E-state index in [2.05, 4.69) is 22.2 Å². The lowest BCUT2D eigenvalue weighted by molar-refractivity contribution is 0.666. The van der Waals surface area contributed by atoms with Crippen molar-refractivity contribution in [3.8, 4) is 0 Å². The molecule has 1 atom stereocenters. The van der Waals surface area contributed by atoms with Gasteiger partial charge < -0.3 is 10.3 Å². The van der Waals surface area contributed by atoms with Crippen molar-refractivity contribution < 1.29 is 0 Å². The molecular formula is C8H11N3O. The van der Waals surface area contributed by atoms with Gasteiger partial charge in [-0.25, -0.2) is 4.98 Å². The summed E-state index contributed by atoms with van der Waals surface area (Å²) in [4.78, 5) is 17.9. The molecule has 0 amide bonds. The Hall–Kier alpha value is -1.32. The van der Waals surface area contributed by atoms with E-state index < -0.39 is 0 Å². The Kier molecular flexibility index (Phi) is 1.60. The fourth-order valence-corrected chi connectivity index (χ4v) is 1.45. The average Bonchev–Trinajstić information content (AvgIpc) is 2.04. The highest BCUT2D eigenvalue weighted by Crippen LogP contribution is 2.17. The molecule has 0 aliphatic carbocycles. The topological polar surface area (TPSA) is 57.8 Å². The van der Waals surface area contributed by atoms with E-state index in [1.165, 1.54) is 6.33 Å². The number of fused-ring (bicyclic) bond motifs is 1. The second-order valence-corrected chi connectivity index (χ2v) is 3.14. The smallest absolute Gasteiger partial charge is 0.256 e. The largest absolute Gasteiger partial charge is 0.367 e. The van der Waals surface area contributed by atoms with Gasteiger partial charge in [0.2, 0.25) is 0 Å². The molecular weight excluding hydrogens is 154 g/mol. The van der Waals surface area contributed by atoms with Crippen LogP contribution in [0.1, 0.15) is 18.9 Å². The van der Waals surface area contributed by atoms with Gasteiger partial charge in [-0.15, -0.1) is 0 Å². The van der Waals surface area contributed by atoms with Crippen LogP contribution in [-0.4, -0.2) is 16.0 Å². The third-order valence-corrected chi connectivity index (χ3v) is 2.16. The van der Waals surface area contributed by atoms with Crippen LogP contribution < -0.4 is 10.9 Å². The zero-order valence-corrected chi connectivity index (χ0v) is 6.92. The Morgan fingerprint density at radius 1 is 1.67 bits per heavy atom. The molecule has 0 spiro atoms. The lowest BCUT2D eigenvalue weighted by Gasteiger charge is -2.21. The van der Waals surface area contributed by atoms with E-state index in [0.29, 0.717) is 6.04 Å². The van der Waals surface area contributed by atoms with Crippen LogP contribution in [0.5, 0.6) is 0 Å². The first kappa shape index (κ1) is 7.34. The molecule has 1 aliphatic rings. The molecule has 4 heteroatoms. The van der Waals surface area contributed by atoms with Crippen LogP contribution in [0, 0.1) is 0 Å². The maximum Gasteiger partial charge on any atom is 0.256 e. The van der Waals surface area contributed by atoms with Gasteiger partial charge in [0.25, 0.3) is 5.56 Å². The maximum absolute atomic E-state index is 11.2. The molecule has 0 aromatic carbocycles. The number of anilines is 1. The van der Waals surface area contributed by atoms with Gasteiger partial charge in [0.05, 0.1) is 11.9 Å². The number of nitrogens with zero attached hydrogens (tertiary/aromatic N) is 1. The molecule has 0 saturated carbocycles. The van der Waals surface area contributed by atoms with Crippen molar-refractivity contribution in [2.75, 3.05) is 5.32 Å². The molecule has 2 N–H and O–H groups in total. The van der Waals surface area contributed by atoms with E-state index in [1.54, 1.807) is 0 Å². The van der Waals surface area contributed by atoms with Crippen molar-refractivity contribution >= 4 is 5.82 Å². The maximum atomic E-state index is 11.2. The van der Waals surface area contributed by atoms with Gasteiger partial charge in [-0.2, -0.15) is 0 Å². The Morgan fingerprint density at radius 3 is 3.33 bits per heavy atom. The Morgan fingerprint density at radius 2 is 2.50 bits per heavy atom. The summed E-state index contributed by atoms with van der Waals surface area (Å²) in [6.45, 7) is 2.09. The zero-order valence-electron chi connectivity index (χ0n) is 6.92. The molecule has 0 radical (unpaired) electrons. The van der Waals surface area contributed by atoms with Gasteiger partial charge in [0, 0.05) is 6.04 Å². The van der Waals surface area contributed by atoms with Crippen molar-refractivity contribution in [1.82, 2.24) is 9.97 Å². The molecule has 2 heterocycles. The van der Waals surface area contributed by atoms with Crippen LogP contribution in [0.25, 0.3) is 0 Å². The molecule has 0 bridgehead atoms. The quantitative estimate of drug-likeness (QED) is 0.589. The van der Waals surface area contributed by atoms with Crippen molar-refractivity contribution in [3.63, 3.8) is 0 Å². The molecule has 1 aliphatic heterocycles. The summed E-state index contributed by atoms with van der Waals surface area (Å²) < 4.78 is 0. The summed E-state index contributed by atoms with van der Waals surface area (Å²) in [5, 5.41) is 3.17. The van der Waals surface area contributed by atoms with Gasteiger partial charge in [-0.3, -0.25) is 4.79 Å². The number of rotatable bonds is 0. The molecule has 64 valence electrons. The second kappa shape index (κ2) is 2.62. The van der Waals surface area contributed by atoms with Crippen LogP contribution in [0.2, 0.25) is 0 Å². The number of H-pyrrole nitrogens is 1. The van der Waals surface area contributed by atoms with Gasteiger partial charge in [0.15, 0.2) is 0 Å². The van der Waals surface area contributed by atoms with Crippen LogP contribution in [0.3, 0.4) is 0 Å². The van der Waals surface area contributed by atoms with Gasteiger partial charge >= 0.3 is 0 Å². The number of aromatic amines is 1. The summed E-state index contributed by atoms with van der Waals surface area (Å²) in [5.41, 5.74) is 0.773. The Bertz CT molecular complexity index is 344. The first-order valence-electron chi connectivity index (χ1n) is 4.10. The molecule has 12 heavy (non-hydrogen) atoms. The first-order valence-corrected chi connectivity index (χ1v) is 4.10. The molecule has 0 unspecified atom stereocenters. The lowest BCUT2D eigenvalue weighted by atomic mass is 10.0. The van der Waals surface area contributed by atoms with Crippen LogP contribution in [-0.2, 0) is 6.42 Å². The van der Waals surface area contributed by atoms with E-state index >= 15 is 0 Å².